The lowest BCUT2D eigenvalue weighted by Gasteiger charge is -2.28. The van der Waals surface area contributed by atoms with Crippen molar-refractivity contribution < 1.29 is 22.7 Å². The van der Waals surface area contributed by atoms with Gasteiger partial charge in [0.15, 0.2) is 16.4 Å². The third kappa shape index (κ3) is 5.23. The van der Waals surface area contributed by atoms with Gasteiger partial charge >= 0.3 is 5.97 Å². The first-order chi connectivity index (χ1) is 13.9. The van der Waals surface area contributed by atoms with Crippen LogP contribution >= 0.6 is 0 Å². The molecule has 2 atom stereocenters. The van der Waals surface area contributed by atoms with Gasteiger partial charge in [0.1, 0.15) is 0 Å². The minimum absolute atomic E-state index is 0.0555. The molecule has 0 aliphatic carbocycles. The van der Waals surface area contributed by atoms with Crippen molar-refractivity contribution in [2.24, 2.45) is 0 Å². The van der Waals surface area contributed by atoms with Crippen LogP contribution in [0.1, 0.15) is 31.2 Å². The van der Waals surface area contributed by atoms with Gasteiger partial charge in [-0.25, -0.2) is 8.42 Å². The Kier molecular flexibility index (Phi) is 6.69. The molecule has 1 fully saturated rings. The van der Waals surface area contributed by atoms with Gasteiger partial charge in [0.25, 0.3) is 5.91 Å². The number of benzene rings is 2. The molecule has 0 N–H and O–H groups in total. The van der Waals surface area contributed by atoms with E-state index in [0.717, 1.165) is 5.56 Å². The first-order valence-electron chi connectivity index (χ1n) is 9.70. The third-order valence-electron chi connectivity index (χ3n) is 5.11. The highest BCUT2D eigenvalue weighted by atomic mass is 32.2. The average Bonchev–Trinajstić information content (AvgIpc) is 3.08. The molecular formula is C22H25NO5S. The highest BCUT2D eigenvalue weighted by Gasteiger charge is 2.36. The Labute approximate surface area is 171 Å². The van der Waals surface area contributed by atoms with Crippen LogP contribution in [0.3, 0.4) is 0 Å². The van der Waals surface area contributed by atoms with E-state index in [1.165, 1.54) is 4.90 Å². The largest absolute Gasteiger partial charge is 0.455 e. The zero-order chi connectivity index (χ0) is 20.9. The van der Waals surface area contributed by atoms with E-state index in [-0.39, 0.29) is 11.5 Å². The highest BCUT2D eigenvalue weighted by Crippen LogP contribution is 2.25. The van der Waals surface area contributed by atoms with Crippen LogP contribution in [0.2, 0.25) is 0 Å². The van der Waals surface area contributed by atoms with Crippen LogP contribution in [-0.4, -0.2) is 44.4 Å². The maximum Gasteiger partial charge on any atom is 0.313 e. The van der Waals surface area contributed by atoms with Crippen molar-refractivity contribution in [3.05, 3.63) is 66.2 Å². The summed E-state index contributed by atoms with van der Waals surface area (Å²) < 4.78 is 29.2. The number of amides is 1. The van der Waals surface area contributed by atoms with Crippen molar-refractivity contribution >= 4 is 27.4 Å². The molecular weight excluding hydrogens is 390 g/mol. The number of esters is 1. The van der Waals surface area contributed by atoms with Crippen LogP contribution in [-0.2, 0) is 24.2 Å². The molecule has 0 bridgehead atoms. The molecule has 1 heterocycles. The van der Waals surface area contributed by atoms with Gasteiger partial charge in [-0.05, 0) is 30.5 Å². The average molecular weight is 416 g/mol. The number of hydrogen-bond donors (Lipinski definition) is 0. The number of para-hydroxylation sites is 1. The number of anilines is 1. The molecule has 1 aliphatic heterocycles. The van der Waals surface area contributed by atoms with Crippen molar-refractivity contribution in [2.45, 2.75) is 31.7 Å². The van der Waals surface area contributed by atoms with Gasteiger partial charge in [-0.15, -0.1) is 0 Å². The van der Waals surface area contributed by atoms with Gasteiger partial charge in [-0.3, -0.25) is 9.59 Å². The van der Waals surface area contributed by atoms with Crippen molar-refractivity contribution in [1.82, 2.24) is 0 Å². The second kappa shape index (κ2) is 9.22. The second-order valence-corrected chi connectivity index (χ2v) is 9.36. The van der Waals surface area contributed by atoms with E-state index in [0.29, 0.717) is 18.5 Å². The van der Waals surface area contributed by atoms with Gasteiger partial charge in [-0.1, -0.05) is 55.5 Å². The third-order valence-corrected chi connectivity index (χ3v) is 6.86. The van der Waals surface area contributed by atoms with E-state index in [4.69, 9.17) is 4.74 Å². The van der Waals surface area contributed by atoms with E-state index in [1.54, 1.807) is 24.3 Å². The number of nitrogens with zero attached hydrogens (tertiary/aromatic N) is 1. The lowest BCUT2D eigenvalue weighted by Crippen LogP contribution is -2.43. The quantitative estimate of drug-likeness (QED) is 0.650. The Morgan fingerprint density at radius 3 is 2.24 bits per heavy atom. The van der Waals surface area contributed by atoms with Crippen molar-refractivity contribution in [3.8, 4) is 0 Å². The summed E-state index contributed by atoms with van der Waals surface area (Å²) in [5.41, 5.74) is 1.44. The Morgan fingerprint density at radius 1 is 1.07 bits per heavy atom. The lowest BCUT2D eigenvalue weighted by molar-refractivity contribution is -0.149. The molecule has 2 aromatic carbocycles. The number of rotatable bonds is 7. The van der Waals surface area contributed by atoms with Crippen LogP contribution in [0.15, 0.2) is 60.7 Å². The normalized spacial score (nSPS) is 18.7. The summed E-state index contributed by atoms with van der Waals surface area (Å²) in [5.74, 6) is -1.35. The van der Waals surface area contributed by atoms with Gasteiger partial charge in [0.2, 0.25) is 0 Å². The number of sulfone groups is 1. The minimum Gasteiger partial charge on any atom is -0.455 e. The van der Waals surface area contributed by atoms with E-state index in [2.05, 4.69) is 0 Å². The predicted octanol–water partition coefficient (Wildman–Crippen LogP) is 2.94. The predicted molar refractivity (Wildman–Crippen MR) is 111 cm³/mol. The summed E-state index contributed by atoms with van der Waals surface area (Å²) >= 11 is 0. The van der Waals surface area contributed by atoms with E-state index in [9.17, 15) is 18.0 Å². The van der Waals surface area contributed by atoms with Gasteiger partial charge in [-0.2, -0.15) is 0 Å². The van der Waals surface area contributed by atoms with Gasteiger partial charge in [0.05, 0.1) is 23.5 Å². The second-order valence-electron chi connectivity index (χ2n) is 7.14. The minimum atomic E-state index is -3.17. The van der Waals surface area contributed by atoms with Crippen LogP contribution in [0, 0.1) is 0 Å². The maximum absolute atomic E-state index is 12.9. The van der Waals surface area contributed by atoms with Crippen LogP contribution < -0.4 is 4.90 Å². The molecule has 0 saturated carbocycles. The molecule has 7 heteroatoms. The van der Waals surface area contributed by atoms with Crippen LogP contribution in [0.5, 0.6) is 0 Å². The van der Waals surface area contributed by atoms with Gasteiger partial charge < -0.3 is 9.64 Å². The molecule has 29 heavy (non-hydrogen) atoms. The molecule has 0 spiro atoms. The molecule has 1 aliphatic rings. The summed E-state index contributed by atoms with van der Waals surface area (Å²) in [7, 11) is -3.17. The summed E-state index contributed by atoms with van der Waals surface area (Å²) in [6.45, 7) is 1.47. The number of ether oxygens (including phenoxy) is 1. The fraction of sp³-hybridized carbons (Fsp3) is 0.364. The van der Waals surface area contributed by atoms with Crippen LogP contribution in [0.25, 0.3) is 0 Å². The number of carbonyl (C=O) groups excluding carboxylic acids is 2. The van der Waals surface area contributed by atoms with Gasteiger partial charge in [0, 0.05) is 5.69 Å². The van der Waals surface area contributed by atoms with Crippen LogP contribution in [0.4, 0.5) is 5.69 Å². The Morgan fingerprint density at radius 2 is 1.69 bits per heavy atom. The molecule has 1 amide bonds. The van der Waals surface area contributed by atoms with Crippen molar-refractivity contribution in [3.63, 3.8) is 0 Å². The maximum atomic E-state index is 12.9. The first kappa shape index (κ1) is 21.0. The molecule has 0 unspecified atom stereocenters. The van der Waals surface area contributed by atoms with E-state index >= 15 is 0 Å². The monoisotopic (exact) mass is 415 g/mol. The number of carbonyl (C=O) groups is 2. The fourth-order valence-corrected chi connectivity index (χ4v) is 5.35. The Balaban J connectivity index is 1.72. The van der Waals surface area contributed by atoms with Crippen molar-refractivity contribution in [1.29, 1.82) is 0 Å². The summed E-state index contributed by atoms with van der Waals surface area (Å²) in [4.78, 5) is 27.0. The molecule has 0 aromatic heterocycles. The van der Waals surface area contributed by atoms with E-state index in [1.807, 2.05) is 43.3 Å². The smallest absolute Gasteiger partial charge is 0.313 e. The molecule has 0 radical (unpaired) electrons. The zero-order valence-electron chi connectivity index (χ0n) is 16.4. The lowest BCUT2D eigenvalue weighted by atomic mass is 9.97. The molecule has 1 saturated heterocycles. The summed E-state index contributed by atoms with van der Waals surface area (Å²) in [5, 5.41) is 0. The fourth-order valence-electron chi connectivity index (χ4n) is 3.65. The number of hydrogen-bond acceptors (Lipinski definition) is 5. The molecule has 3 rings (SSSR count). The summed E-state index contributed by atoms with van der Waals surface area (Å²) in [6.07, 6.45) is 0.929. The Hall–Kier alpha value is -2.67. The summed E-state index contributed by atoms with van der Waals surface area (Å²) in [6, 6.07) is 17.7. The highest BCUT2D eigenvalue weighted by molar-refractivity contribution is 7.91. The SMILES string of the molecule is CC[C@@H](C(=O)OCC(=O)N(c1ccccc1)[C@@H]1CCS(=O)(=O)C1)c1ccccc1. The van der Waals surface area contributed by atoms with E-state index < -0.39 is 40.3 Å². The first-order valence-corrected chi connectivity index (χ1v) is 11.5. The standard InChI is InChI=1S/C22H25NO5S/c1-2-20(17-9-5-3-6-10-17)22(25)28-15-21(24)23(18-11-7-4-8-12-18)19-13-14-29(26,27)16-19/h3-12,19-20H,2,13-16H2,1H3/t19-,20-/m1/s1. The molecule has 2 aromatic rings. The molecule has 154 valence electrons. The van der Waals surface area contributed by atoms with Crippen molar-refractivity contribution in [2.75, 3.05) is 23.0 Å². The Bertz CT molecular complexity index is 944. The zero-order valence-corrected chi connectivity index (χ0v) is 17.2. The molecule has 6 nitrogen and oxygen atoms in total. The topological polar surface area (TPSA) is 80.8 Å².